The molecule has 0 saturated carbocycles. The molecule has 0 fully saturated rings. The number of alkyl halides is 3. The fraction of sp³-hybridized carbons (Fsp3) is 0.240. The molecule has 0 unspecified atom stereocenters. The fourth-order valence-electron chi connectivity index (χ4n) is 3.79. The molecule has 0 N–H and O–H groups in total. The van der Waals surface area contributed by atoms with Crippen molar-refractivity contribution < 1.29 is 32.2 Å². The number of nitrogens with zero attached hydrogens (tertiary/aromatic N) is 3. The van der Waals surface area contributed by atoms with Crippen LogP contribution in [0.1, 0.15) is 28.5 Å². The van der Waals surface area contributed by atoms with Crippen molar-refractivity contribution in [1.29, 1.82) is 0 Å². The number of esters is 1. The topological polar surface area (TPSA) is 75.5 Å². The van der Waals surface area contributed by atoms with E-state index in [-0.39, 0.29) is 29.0 Å². The first-order valence-corrected chi connectivity index (χ1v) is 10.7. The Balaban J connectivity index is 1.92. The van der Waals surface area contributed by atoms with Gasteiger partial charge in [-0.3, -0.25) is 0 Å². The van der Waals surface area contributed by atoms with Crippen molar-refractivity contribution >= 4 is 17.0 Å². The van der Waals surface area contributed by atoms with Crippen molar-refractivity contribution in [2.45, 2.75) is 20.0 Å². The number of pyridine rings is 1. The normalized spacial score (nSPS) is 11.5. The standard InChI is InChI=1S/C25H22F3N3O4/c1-5-35-24(32)15-6-9-17(10-7-15)31-23-22(14(2)30-31)18(25(26,27)28)13-19(29-23)16-8-11-20(33-3)21(12-16)34-4/h6-13H,5H2,1-4H3. The van der Waals surface area contributed by atoms with Crippen LogP contribution in [0.15, 0.2) is 48.5 Å². The molecule has 10 heteroatoms. The Kier molecular flexibility index (Phi) is 6.38. The number of carbonyl (C=O) groups excluding carboxylic acids is 1. The van der Waals surface area contributed by atoms with Crippen LogP contribution in [-0.4, -0.2) is 41.6 Å². The van der Waals surface area contributed by atoms with Gasteiger partial charge in [-0.1, -0.05) is 0 Å². The van der Waals surface area contributed by atoms with Crippen LogP contribution in [0.2, 0.25) is 0 Å². The Bertz CT molecular complexity index is 1400. The molecular formula is C25H22F3N3O4. The predicted molar refractivity (Wildman–Crippen MR) is 123 cm³/mol. The van der Waals surface area contributed by atoms with Gasteiger partial charge in [0, 0.05) is 5.56 Å². The van der Waals surface area contributed by atoms with Gasteiger partial charge >= 0.3 is 12.1 Å². The van der Waals surface area contributed by atoms with E-state index < -0.39 is 17.7 Å². The summed E-state index contributed by atoms with van der Waals surface area (Å²) in [6.07, 6.45) is -4.64. The molecule has 4 aromatic rings. The van der Waals surface area contributed by atoms with Crippen molar-refractivity contribution in [3.05, 3.63) is 65.4 Å². The molecular weight excluding hydrogens is 463 g/mol. The molecule has 2 aromatic heterocycles. The lowest BCUT2D eigenvalue weighted by molar-refractivity contribution is -0.136. The summed E-state index contributed by atoms with van der Waals surface area (Å²) in [6.45, 7) is 3.43. The molecule has 0 spiro atoms. The lowest BCUT2D eigenvalue weighted by Gasteiger charge is -2.13. The first-order valence-electron chi connectivity index (χ1n) is 10.7. The minimum absolute atomic E-state index is 0.0333. The van der Waals surface area contributed by atoms with Crippen molar-refractivity contribution in [3.8, 4) is 28.4 Å². The molecule has 0 aliphatic carbocycles. The summed E-state index contributed by atoms with van der Waals surface area (Å²) in [5, 5.41) is 4.23. The third-order valence-corrected chi connectivity index (χ3v) is 5.42. The number of rotatable bonds is 6. The van der Waals surface area contributed by atoms with Gasteiger partial charge in [-0.05, 0) is 62.4 Å². The van der Waals surface area contributed by atoms with E-state index in [1.807, 2.05) is 0 Å². The van der Waals surface area contributed by atoms with Gasteiger partial charge in [-0.25, -0.2) is 14.5 Å². The third-order valence-electron chi connectivity index (χ3n) is 5.42. The molecule has 0 radical (unpaired) electrons. The van der Waals surface area contributed by atoms with Gasteiger partial charge in [-0.15, -0.1) is 0 Å². The molecule has 0 aliphatic heterocycles. The maximum atomic E-state index is 14.1. The zero-order valence-electron chi connectivity index (χ0n) is 19.4. The van der Waals surface area contributed by atoms with Gasteiger partial charge in [-0.2, -0.15) is 18.3 Å². The quantitative estimate of drug-likeness (QED) is 0.331. The average molecular weight is 485 g/mol. The second-order valence-electron chi connectivity index (χ2n) is 7.59. The van der Waals surface area contributed by atoms with E-state index in [9.17, 15) is 18.0 Å². The lowest BCUT2D eigenvalue weighted by atomic mass is 10.0. The van der Waals surface area contributed by atoms with Crippen LogP contribution in [0.5, 0.6) is 11.5 Å². The average Bonchev–Trinajstić information content (AvgIpc) is 3.18. The van der Waals surface area contributed by atoms with E-state index in [1.54, 1.807) is 37.3 Å². The summed E-state index contributed by atoms with van der Waals surface area (Å²) in [7, 11) is 2.91. The number of aromatic nitrogens is 3. The molecule has 0 saturated heterocycles. The zero-order valence-corrected chi connectivity index (χ0v) is 19.4. The molecule has 182 valence electrons. The lowest BCUT2D eigenvalue weighted by Crippen LogP contribution is -2.08. The van der Waals surface area contributed by atoms with Crippen LogP contribution < -0.4 is 9.47 Å². The van der Waals surface area contributed by atoms with Gasteiger partial charge in [0.1, 0.15) is 0 Å². The summed E-state index contributed by atoms with van der Waals surface area (Å²) in [5.74, 6) is 0.310. The number of methoxy groups -OCH3 is 2. The van der Waals surface area contributed by atoms with Crippen molar-refractivity contribution in [2.24, 2.45) is 0 Å². The Labute approximate surface area is 199 Å². The second-order valence-corrected chi connectivity index (χ2v) is 7.59. The summed E-state index contributed by atoms with van der Waals surface area (Å²) < 4.78 is 59.2. The number of carbonyl (C=O) groups is 1. The Morgan fingerprint density at radius 3 is 2.29 bits per heavy atom. The van der Waals surface area contributed by atoms with Gasteiger partial charge in [0.15, 0.2) is 17.1 Å². The van der Waals surface area contributed by atoms with E-state index in [0.717, 1.165) is 6.07 Å². The SMILES string of the molecule is CCOC(=O)c1ccc(-n2nc(C)c3c(C(F)(F)F)cc(-c4ccc(OC)c(OC)c4)nc32)cc1. The summed E-state index contributed by atoms with van der Waals surface area (Å²) >= 11 is 0. The first kappa shape index (κ1) is 24.1. The highest BCUT2D eigenvalue weighted by molar-refractivity contribution is 5.90. The predicted octanol–water partition coefficient (Wildman–Crippen LogP) is 5.61. The molecule has 7 nitrogen and oxygen atoms in total. The maximum Gasteiger partial charge on any atom is 0.417 e. The van der Waals surface area contributed by atoms with Crippen molar-refractivity contribution in [1.82, 2.24) is 14.8 Å². The van der Waals surface area contributed by atoms with Crippen LogP contribution in [-0.2, 0) is 10.9 Å². The molecule has 0 bridgehead atoms. The Morgan fingerprint density at radius 2 is 1.69 bits per heavy atom. The Morgan fingerprint density at radius 1 is 1.00 bits per heavy atom. The van der Waals surface area contributed by atoms with Gasteiger partial charge in [0.05, 0.1) is 54.4 Å². The number of halogens is 3. The monoisotopic (exact) mass is 485 g/mol. The van der Waals surface area contributed by atoms with Crippen LogP contribution >= 0.6 is 0 Å². The molecule has 0 aliphatic rings. The van der Waals surface area contributed by atoms with Crippen molar-refractivity contribution in [2.75, 3.05) is 20.8 Å². The highest BCUT2D eigenvalue weighted by atomic mass is 19.4. The number of fused-ring (bicyclic) bond motifs is 1. The van der Waals surface area contributed by atoms with Gasteiger partial charge < -0.3 is 14.2 Å². The molecule has 2 aromatic carbocycles. The minimum atomic E-state index is -4.64. The van der Waals surface area contributed by atoms with Crippen LogP contribution in [0.4, 0.5) is 13.2 Å². The second kappa shape index (κ2) is 9.28. The molecule has 35 heavy (non-hydrogen) atoms. The van der Waals surface area contributed by atoms with Crippen molar-refractivity contribution in [3.63, 3.8) is 0 Å². The highest BCUT2D eigenvalue weighted by Crippen LogP contribution is 2.40. The maximum absolute atomic E-state index is 14.1. The highest BCUT2D eigenvalue weighted by Gasteiger charge is 2.36. The third kappa shape index (κ3) is 4.51. The zero-order chi connectivity index (χ0) is 25.3. The number of hydrogen-bond donors (Lipinski definition) is 0. The van der Waals surface area contributed by atoms with Gasteiger partial charge in [0.2, 0.25) is 0 Å². The number of hydrogen-bond acceptors (Lipinski definition) is 6. The molecule has 0 atom stereocenters. The van der Waals surface area contributed by atoms with Gasteiger partial charge in [0.25, 0.3) is 0 Å². The van der Waals surface area contributed by atoms with E-state index in [2.05, 4.69) is 10.1 Å². The number of aryl methyl sites for hydroxylation is 1. The molecule has 0 amide bonds. The van der Waals surface area contributed by atoms with E-state index >= 15 is 0 Å². The van der Waals surface area contributed by atoms with Crippen LogP contribution in [0.3, 0.4) is 0 Å². The summed E-state index contributed by atoms with van der Waals surface area (Å²) in [5.41, 5.74) is 0.631. The summed E-state index contributed by atoms with van der Waals surface area (Å²) in [6, 6.07) is 12.0. The van der Waals surface area contributed by atoms with E-state index in [0.29, 0.717) is 28.3 Å². The minimum Gasteiger partial charge on any atom is -0.493 e. The van der Waals surface area contributed by atoms with E-state index in [1.165, 1.54) is 38.0 Å². The first-order chi connectivity index (χ1) is 16.7. The Hall–Kier alpha value is -4.08. The van der Waals surface area contributed by atoms with Crippen LogP contribution in [0, 0.1) is 6.92 Å². The van der Waals surface area contributed by atoms with Crippen LogP contribution in [0.25, 0.3) is 28.0 Å². The molecule has 2 heterocycles. The fourth-order valence-corrected chi connectivity index (χ4v) is 3.79. The number of benzene rings is 2. The molecule has 4 rings (SSSR count). The number of ether oxygens (including phenoxy) is 3. The van der Waals surface area contributed by atoms with E-state index in [4.69, 9.17) is 14.2 Å². The smallest absolute Gasteiger partial charge is 0.417 e. The largest absolute Gasteiger partial charge is 0.493 e. The summed E-state index contributed by atoms with van der Waals surface area (Å²) in [4.78, 5) is 16.5.